The predicted octanol–water partition coefficient (Wildman–Crippen LogP) is 1.92. The first-order valence-electron chi connectivity index (χ1n) is 8.39. The molecule has 0 radical (unpaired) electrons. The number of nitrogens with zero attached hydrogens (tertiary/aromatic N) is 1. The van der Waals surface area contributed by atoms with E-state index in [4.69, 9.17) is 5.11 Å². The highest BCUT2D eigenvalue weighted by molar-refractivity contribution is 6.22. The van der Waals surface area contributed by atoms with Crippen molar-refractivity contribution in [1.29, 1.82) is 0 Å². The second kappa shape index (κ2) is 7.41. The lowest BCUT2D eigenvalue weighted by atomic mass is 10.0. The molecule has 1 heterocycles. The summed E-state index contributed by atoms with van der Waals surface area (Å²) in [6.45, 7) is 1.44. The largest absolute Gasteiger partial charge is 0.481 e. The van der Waals surface area contributed by atoms with Crippen molar-refractivity contribution in [3.63, 3.8) is 0 Å². The lowest BCUT2D eigenvalue weighted by molar-refractivity contribution is -0.137. The van der Waals surface area contributed by atoms with E-state index in [1.807, 2.05) is 19.1 Å². The molecule has 0 saturated heterocycles. The number of carbonyl (C=O) groups is 4. The Labute approximate surface area is 155 Å². The lowest BCUT2D eigenvalue weighted by Crippen LogP contribution is -2.42. The maximum atomic E-state index is 12.4. The Morgan fingerprint density at radius 1 is 1.00 bits per heavy atom. The van der Waals surface area contributed by atoms with Crippen molar-refractivity contribution in [3.05, 3.63) is 70.8 Å². The van der Waals surface area contributed by atoms with Crippen molar-refractivity contribution in [3.8, 4) is 0 Å². The fourth-order valence-electron chi connectivity index (χ4n) is 2.99. The molecule has 0 aromatic heterocycles. The third kappa shape index (κ3) is 3.87. The van der Waals surface area contributed by atoms with E-state index in [0.717, 1.165) is 10.5 Å². The number of hydrogen-bond acceptors (Lipinski definition) is 4. The van der Waals surface area contributed by atoms with E-state index in [1.165, 1.54) is 12.1 Å². The van der Waals surface area contributed by atoms with Crippen molar-refractivity contribution in [2.24, 2.45) is 0 Å². The van der Waals surface area contributed by atoms with Crippen LogP contribution in [-0.2, 0) is 9.59 Å². The van der Waals surface area contributed by atoms with Crippen LogP contribution in [0.2, 0.25) is 0 Å². The summed E-state index contributed by atoms with van der Waals surface area (Å²) in [6, 6.07) is 12.7. The minimum Gasteiger partial charge on any atom is -0.481 e. The van der Waals surface area contributed by atoms with Crippen LogP contribution in [0.1, 0.15) is 44.3 Å². The van der Waals surface area contributed by atoms with Crippen LogP contribution in [0.25, 0.3) is 0 Å². The molecule has 2 aromatic rings. The average Bonchev–Trinajstić information content (AvgIpc) is 2.87. The summed E-state index contributed by atoms with van der Waals surface area (Å²) in [4.78, 5) is 49.1. The summed E-state index contributed by atoms with van der Waals surface area (Å²) in [5.74, 6) is -2.73. The zero-order valence-electron chi connectivity index (χ0n) is 14.6. The molecular weight excluding hydrogens is 348 g/mol. The summed E-state index contributed by atoms with van der Waals surface area (Å²) >= 11 is 0. The summed E-state index contributed by atoms with van der Waals surface area (Å²) in [5, 5.41) is 11.7. The molecule has 138 valence electrons. The normalized spacial score (nSPS) is 14.0. The highest BCUT2D eigenvalue weighted by Gasteiger charge is 2.36. The third-order valence-electron chi connectivity index (χ3n) is 4.37. The Kier molecular flexibility index (Phi) is 5.03. The van der Waals surface area contributed by atoms with E-state index in [2.05, 4.69) is 5.32 Å². The number of amides is 3. The number of carbonyl (C=O) groups excluding carboxylic acids is 3. The molecule has 0 saturated carbocycles. The molecule has 3 rings (SSSR count). The number of carboxylic acids is 1. The zero-order chi connectivity index (χ0) is 19.6. The highest BCUT2D eigenvalue weighted by Crippen LogP contribution is 2.22. The summed E-state index contributed by atoms with van der Waals surface area (Å²) < 4.78 is 0. The molecular formula is C20H18N2O5. The molecule has 7 heteroatoms. The van der Waals surface area contributed by atoms with Crippen LogP contribution in [0.5, 0.6) is 0 Å². The molecule has 1 aliphatic rings. The van der Waals surface area contributed by atoms with Crippen LogP contribution in [0, 0.1) is 6.92 Å². The number of benzene rings is 2. The van der Waals surface area contributed by atoms with E-state index >= 15 is 0 Å². The molecule has 0 spiro atoms. The van der Waals surface area contributed by atoms with Crippen LogP contribution in [0.3, 0.4) is 0 Å². The van der Waals surface area contributed by atoms with Crippen LogP contribution < -0.4 is 5.32 Å². The lowest BCUT2D eigenvalue weighted by Gasteiger charge is -2.20. The van der Waals surface area contributed by atoms with Gasteiger partial charge in [0.25, 0.3) is 11.8 Å². The molecule has 0 unspecified atom stereocenters. The van der Waals surface area contributed by atoms with Gasteiger partial charge in [-0.2, -0.15) is 0 Å². The van der Waals surface area contributed by atoms with Crippen molar-refractivity contribution in [2.45, 2.75) is 19.4 Å². The molecule has 1 atom stereocenters. The van der Waals surface area contributed by atoms with Gasteiger partial charge in [0.05, 0.1) is 23.6 Å². The van der Waals surface area contributed by atoms with E-state index in [0.29, 0.717) is 5.56 Å². The van der Waals surface area contributed by atoms with Crippen molar-refractivity contribution in [2.75, 3.05) is 6.54 Å². The number of hydrogen-bond donors (Lipinski definition) is 2. The molecule has 0 bridgehead atoms. The van der Waals surface area contributed by atoms with Gasteiger partial charge >= 0.3 is 5.97 Å². The number of imide groups is 1. The van der Waals surface area contributed by atoms with Gasteiger partial charge in [-0.05, 0) is 24.6 Å². The van der Waals surface area contributed by atoms with Gasteiger partial charge in [-0.15, -0.1) is 0 Å². The van der Waals surface area contributed by atoms with Crippen molar-refractivity contribution in [1.82, 2.24) is 10.2 Å². The molecule has 3 amide bonds. The van der Waals surface area contributed by atoms with Gasteiger partial charge in [0.1, 0.15) is 6.54 Å². The van der Waals surface area contributed by atoms with Crippen LogP contribution in [0.15, 0.2) is 48.5 Å². The van der Waals surface area contributed by atoms with E-state index < -0.39 is 36.3 Å². The van der Waals surface area contributed by atoms with Gasteiger partial charge in [-0.25, -0.2) is 0 Å². The van der Waals surface area contributed by atoms with Gasteiger partial charge in [-0.1, -0.05) is 42.0 Å². The first-order valence-corrected chi connectivity index (χ1v) is 8.39. The average molecular weight is 366 g/mol. The first kappa shape index (κ1) is 18.3. The molecule has 1 aliphatic heterocycles. The number of nitrogens with one attached hydrogen (secondary N) is 1. The summed E-state index contributed by atoms with van der Waals surface area (Å²) in [6.07, 6.45) is -0.309. The number of fused-ring (bicyclic) bond motifs is 1. The van der Waals surface area contributed by atoms with Crippen molar-refractivity contribution >= 4 is 23.7 Å². The molecule has 2 aromatic carbocycles. The Hall–Kier alpha value is -3.48. The van der Waals surface area contributed by atoms with Crippen LogP contribution in [0.4, 0.5) is 0 Å². The Bertz CT molecular complexity index is 885. The topological polar surface area (TPSA) is 104 Å². The maximum absolute atomic E-state index is 12.4. The number of rotatable bonds is 6. The van der Waals surface area contributed by atoms with Crippen LogP contribution in [-0.4, -0.2) is 40.2 Å². The minimum atomic E-state index is -1.07. The van der Waals surface area contributed by atoms with Gasteiger partial charge in [0.15, 0.2) is 0 Å². The Morgan fingerprint density at radius 2 is 1.56 bits per heavy atom. The number of aryl methyl sites for hydroxylation is 1. The molecule has 7 nitrogen and oxygen atoms in total. The van der Waals surface area contributed by atoms with Gasteiger partial charge in [0.2, 0.25) is 5.91 Å². The zero-order valence-corrected chi connectivity index (χ0v) is 14.6. The second-order valence-corrected chi connectivity index (χ2v) is 6.37. The third-order valence-corrected chi connectivity index (χ3v) is 4.37. The molecule has 27 heavy (non-hydrogen) atoms. The van der Waals surface area contributed by atoms with Crippen LogP contribution >= 0.6 is 0 Å². The SMILES string of the molecule is Cc1ccc([C@@H](CC(=O)O)NC(=O)CN2C(=O)c3ccccc3C2=O)cc1. The highest BCUT2D eigenvalue weighted by atomic mass is 16.4. The molecule has 2 N–H and O–H groups in total. The van der Waals surface area contributed by atoms with Gasteiger partial charge < -0.3 is 10.4 Å². The van der Waals surface area contributed by atoms with E-state index in [1.54, 1.807) is 24.3 Å². The fraction of sp³-hybridized carbons (Fsp3) is 0.200. The number of aliphatic carboxylic acids is 1. The van der Waals surface area contributed by atoms with Gasteiger partial charge in [-0.3, -0.25) is 24.1 Å². The maximum Gasteiger partial charge on any atom is 0.305 e. The predicted molar refractivity (Wildman–Crippen MR) is 96.1 cm³/mol. The molecule has 0 aliphatic carbocycles. The van der Waals surface area contributed by atoms with E-state index in [9.17, 15) is 19.2 Å². The quantitative estimate of drug-likeness (QED) is 0.760. The standard InChI is InChI=1S/C20H18N2O5/c1-12-6-8-13(9-7-12)16(10-18(24)25)21-17(23)11-22-19(26)14-4-2-3-5-15(14)20(22)27/h2-9,16H,10-11H2,1H3,(H,21,23)(H,24,25)/t16-/m1/s1. The Balaban J connectivity index is 1.73. The summed E-state index contributed by atoms with van der Waals surface area (Å²) in [7, 11) is 0. The monoisotopic (exact) mass is 366 g/mol. The first-order chi connectivity index (χ1) is 12.9. The van der Waals surface area contributed by atoms with Gasteiger partial charge in [0, 0.05) is 0 Å². The minimum absolute atomic E-state index is 0.260. The van der Waals surface area contributed by atoms with E-state index in [-0.39, 0.29) is 17.5 Å². The summed E-state index contributed by atoms with van der Waals surface area (Å²) in [5.41, 5.74) is 2.16. The second-order valence-electron chi connectivity index (χ2n) is 6.37. The Morgan fingerprint density at radius 3 is 2.07 bits per heavy atom. The molecule has 0 fully saturated rings. The number of carboxylic acid groups (broad SMARTS) is 1. The smallest absolute Gasteiger partial charge is 0.305 e. The van der Waals surface area contributed by atoms with Crippen molar-refractivity contribution < 1.29 is 24.3 Å². The fourth-order valence-corrected chi connectivity index (χ4v) is 2.99.